The van der Waals surface area contributed by atoms with Crippen molar-refractivity contribution < 1.29 is 14.3 Å². The van der Waals surface area contributed by atoms with Crippen LogP contribution in [0.3, 0.4) is 0 Å². The Labute approximate surface area is 117 Å². The number of halogens is 1. The van der Waals surface area contributed by atoms with E-state index in [-0.39, 0.29) is 11.4 Å². The number of aromatic carboxylic acids is 1. The molecular weight excluding hydrogens is 257 g/mol. The molecule has 2 N–H and O–H groups in total. The van der Waals surface area contributed by atoms with E-state index in [2.05, 4.69) is 5.32 Å². The Morgan fingerprint density at radius 3 is 2.55 bits per heavy atom. The highest BCUT2D eigenvalue weighted by Gasteiger charge is 2.06. The lowest BCUT2D eigenvalue weighted by Crippen LogP contribution is -2.04. The van der Waals surface area contributed by atoms with Gasteiger partial charge in [0.1, 0.15) is 5.82 Å². The second-order valence-electron chi connectivity index (χ2n) is 4.76. The fourth-order valence-electron chi connectivity index (χ4n) is 2.02. The summed E-state index contributed by atoms with van der Waals surface area (Å²) in [5.74, 6) is -1.20. The van der Waals surface area contributed by atoms with Crippen LogP contribution in [0.15, 0.2) is 36.4 Å². The van der Waals surface area contributed by atoms with E-state index in [1.165, 1.54) is 12.1 Å². The van der Waals surface area contributed by atoms with Gasteiger partial charge in [0.15, 0.2) is 0 Å². The number of hydrogen-bond acceptors (Lipinski definition) is 2. The van der Waals surface area contributed by atoms with Gasteiger partial charge in [-0.05, 0) is 60.9 Å². The first-order valence-electron chi connectivity index (χ1n) is 6.30. The van der Waals surface area contributed by atoms with Crippen LogP contribution in [-0.4, -0.2) is 11.1 Å². The van der Waals surface area contributed by atoms with Gasteiger partial charge < -0.3 is 10.4 Å². The highest BCUT2D eigenvalue weighted by Crippen LogP contribution is 2.19. The Hall–Kier alpha value is -2.36. The predicted molar refractivity (Wildman–Crippen MR) is 76.6 cm³/mol. The van der Waals surface area contributed by atoms with Gasteiger partial charge in [-0.3, -0.25) is 0 Å². The fourth-order valence-corrected chi connectivity index (χ4v) is 2.02. The number of carbonyl (C=O) groups is 1. The highest BCUT2D eigenvalue weighted by atomic mass is 19.1. The summed E-state index contributed by atoms with van der Waals surface area (Å²) >= 11 is 0. The minimum Gasteiger partial charge on any atom is -0.478 e. The first-order valence-corrected chi connectivity index (χ1v) is 6.30. The number of hydrogen-bond donors (Lipinski definition) is 2. The van der Waals surface area contributed by atoms with Crippen molar-refractivity contribution in [3.8, 4) is 0 Å². The Morgan fingerprint density at radius 2 is 1.90 bits per heavy atom. The molecule has 2 aromatic carbocycles. The summed E-state index contributed by atoms with van der Waals surface area (Å²) in [6, 6.07) is 9.58. The maximum absolute atomic E-state index is 13.2. The van der Waals surface area contributed by atoms with Gasteiger partial charge in [0, 0.05) is 12.2 Å². The van der Waals surface area contributed by atoms with Crippen molar-refractivity contribution in [1.29, 1.82) is 0 Å². The molecule has 0 radical (unpaired) electrons. The minimum atomic E-state index is -0.944. The van der Waals surface area contributed by atoms with Crippen molar-refractivity contribution in [3.63, 3.8) is 0 Å². The first kappa shape index (κ1) is 14.1. The van der Waals surface area contributed by atoms with Gasteiger partial charge in [-0.25, -0.2) is 9.18 Å². The molecule has 0 heterocycles. The van der Waals surface area contributed by atoms with E-state index in [0.29, 0.717) is 6.54 Å². The van der Waals surface area contributed by atoms with Crippen LogP contribution in [-0.2, 0) is 6.54 Å². The zero-order valence-corrected chi connectivity index (χ0v) is 11.4. The molecule has 0 unspecified atom stereocenters. The second-order valence-corrected chi connectivity index (χ2v) is 4.76. The summed E-state index contributed by atoms with van der Waals surface area (Å²) in [5, 5.41) is 12.1. The van der Waals surface area contributed by atoms with E-state index in [4.69, 9.17) is 5.11 Å². The average molecular weight is 273 g/mol. The molecule has 3 nitrogen and oxygen atoms in total. The van der Waals surface area contributed by atoms with Gasteiger partial charge in [0.25, 0.3) is 0 Å². The van der Waals surface area contributed by atoms with E-state index in [0.717, 1.165) is 22.4 Å². The molecule has 0 saturated carbocycles. The van der Waals surface area contributed by atoms with Crippen molar-refractivity contribution in [2.45, 2.75) is 20.4 Å². The van der Waals surface area contributed by atoms with Crippen molar-refractivity contribution in [1.82, 2.24) is 0 Å². The maximum Gasteiger partial charge on any atom is 0.335 e. The summed E-state index contributed by atoms with van der Waals surface area (Å²) in [6.07, 6.45) is 0. The molecule has 0 aliphatic carbocycles. The second kappa shape index (κ2) is 5.74. The monoisotopic (exact) mass is 273 g/mol. The smallest absolute Gasteiger partial charge is 0.335 e. The van der Waals surface area contributed by atoms with Gasteiger partial charge >= 0.3 is 5.97 Å². The molecule has 0 aliphatic rings. The van der Waals surface area contributed by atoms with Crippen LogP contribution in [0, 0.1) is 19.7 Å². The number of carboxylic acid groups (broad SMARTS) is 1. The first-order chi connectivity index (χ1) is 9.47. The molecule has 20 heavy (non-hydrogen) atoms. The maximum atomic E-state index is 13.2. The third-order valence-corrected chi connectivity index (χ3v) is 3.25. The molecular formula is C16H16FNO2. The normalized spacial score (nSPS) is 10.3. The molecule has 0 fully saturated rings. The summed E-state index contributed by atoms with van der Waals surface area (Å²) in [7, 11) is 0. The Bertz CT molecular complexity index is 653. The Kier molecular flexibility index (Phi) is 4.03. The lowest BCUT2D eigenvalue weighted by Gasteiger charge is -2.12. The van der Waals surface area contributed by atoms with Crippen LogP contribution in [0.2, 0.25) is 0 Å². The van der Waals surface area contributed by atoms with Gasteiger partial charge in [0.05, 0.1) is 5.56 Å². The standard InChI is InChI=1S/C16H16FNO2/c1-10-3-5-14(17)8-13(10)9-18-15-6-4-12(16(19)20)7-11(15)2/h3-8,18H,9H2,1-2H3,(H,19,20). The van der Waals surface area contributed by atoms with Gasteiger partial charge in [0.2, 0.25) is 0 Å². The van der Waals surface area contributed by atoms with Gasteiger partial charge in [-0.1, -0.05) is 6.07 Å². The van der Waals surface area contributed by atoms with Crippen molar-refractivity contribution in [2.75, 3.05) is 5.32 Å². The SMILES string of the molecule is Cc1ccc(F)cc1CNc1ccc(C(=O)O)cc1C. The average Bonchev–Trinajstić information content (AvgIpc) is 2.40. The van der Waals surface area contributed by atoms with Crippen LogP contribution < -0.4 is 5.32 Å². The van der Waals surface area contributed by atoms with Crippen molar-refractivity contribution in [2.24, 2.45) is 0 Å². The number of benzene rings is 2. The molecule has 0 saturated heterocycles. The molecule has 4 heteroatoms. The number of nitrogens with one attached hydrogen (secondary N) is 1. The molecule has 2 aromatic rings. The zero-order chi connectivity index (χ0) is 14.7. The molecule has 104 valence electrons. The molecule has 0 aliphatic heterocycles. The summed E-state index contributed by atoms with van der Waals surface area (Å²) in [5.41, 5.74) is 3.85. The Balaban J connectivity index is 2.15. The summed E-state index contributed by atoms with van der Waals surface area (Å²) in [6.45, 7) is 4.26. The highest BCUT2D eigenvalue weighted by molar-refractivity contribution is 5.88. The minimum absolute atomic E-state index is 0.259. The third kappa shape index (κ3) is 3.15. The molecule has 2 rings (SSSR count). The molecule has 0 atom stereocenters. The van der Waals surface area contributed by atoms with Crippen molar-refractivity contribution in [3.05, 3.63) is 64.5 Å². The number of anilines is 1. The largest absolute Gasteiger partial charge is 0.478 e. The van der Waals surface area contributed by atoms with E-state index in [1.807, 2.05) is 13.8 Å². The van der Waals surface area contributed by atoms with E-state index >= 15 is 0 Å². The predicted octanol–water partition coefficient (Wildman–Crippen LogP) is 3.75. The van der Waals surface area contributed by atoms with Crippen LogP contribution in [0.1, 0.15) is 27.0 Å². The fraction of sp³-hybridized carbons (Fsp3) is 0.188. The molecule has 0 aromatic heterocycles. The number of carboxylic acids is 1. The van der Waals surface area contributed by atoms with Crippen LogP contribution in [0.25, 0.3) is 0 Å². The van der Waals surface area contributed by atoms with E-state index < -0.39 is 5.97 Å². The molecule has 0 bridgehead atoms. The number of aryl methyl sites for hydroxylation is 2. The topological polar surface area (TPSA) is 49.3 Å². The summed E-state index contributed by atoms with van der Waals surface area (Å²) in [4.78, 5) is 10.9. The van der Waals surface area contributed by atoms with Crippen molar-refractivity contribution >= 4 is 11.7 Å². The lowest BCUT2D eigenvalue weighted by molar-refractivity contribution is 0.0697. The van der Waals surface area contributed by atoms with E-state index in [9.17, 15) is 9.18 Å². The zero-order valence-electron chi connectivity index (χ0n) is 11.4. The van der Waals surface area contributed by atoms with Gasteiger partial charge in [-0.15, -0.1) is 0 Å². The third-order valence-electron chi connectivity index (χ3n) is 3.25. The lowest BCUT2D eigenvalue weighted by atomic mass is 10.1. The molecule has 0 spiro atoms. The van der Waals surface area contributed by atoms with Crippen LogP contribution in [0.4, 0.5) is 10.1 Å². The van der Waals surface area contributed by atoms with Gasteiger partial charge in [-0.2, -0.15) is 0 Å². The summed E-state index contributed by atoms with van der Waals surface area (Å²) < 4.78 is 13.2. The number of rotatable bonds is 4. The van der Waals surface area contributed by atoms with Crippen LogP contribution in [0.5, 0.6) is 0 Å². The van der Waals surface area contributed by atoms with E-state index in [1.54, 1.807) is 24.3 Å². The quantitative estimate of drug-likeness (QED) is 0.891. The van der Waals surface area contributed by atoms with Crippen LogP contribution >= 0.6 is 0 Å². The Morgan fingerprint density at radius 1 is 1.15 bits per heavy atom. The molecule has 0 amide bonds.